The Bertz CT molecular complexity index is 700. The predicted octanol–water partition coefficient (Wildman–Crippen LogP) is 14.7. The first-order chi connectivity index (χ1) is 23.4. The van der Waals surface area contributed by atoms with Crippen LogP contribution in [0.4, 0.5) is 0 Å². The van der Waals surface area contributed by atoms with E-state index in [1.54, 1.807) is 0 Å². The molecule has 10 atom stereocenters. The van der Waals surface area contributed by atoms with E-state index in [0.717, 1.165) is 35.5 Å². The molecule has 4 rings (SSSR count). The van der Waals surface area contributed by atoms with Gasteiger partial charge in [-0.05, 0) is 75.0 Å². The van der Waals surface area contributed by atoms with Gasteiger partial charge in [0.15, 0.2) is 11.6 Å². The average Bonchev–Trinajstić information content (AvgIpc) is 3.84. The Morgan fingerprint density at radius 3 is 0.960 bits per heavy atom. The van der Waals surface area contributed by atoms with E-state index in [1.807, 2.05) is 27.7 Å². The molecule has 50 heavy (non-hydrogen) atoms. The molecule has 0 aromatic carbocycles. The van der Waals surface area contributed by atoms with Crippen LogP contribution in [-0.4, -0.2) is 37.0 Å². The molecule has 2 saturated carbocycles. The lowest BCUT2D eigenvalue weighted by atomic mass is 9.87. The second kappa shape index (κ2) is 27.4. The van der Waals surface area contributed by atoms with E-state index in [2.05, 4.69) is 83.1 Å². The maximum atomic E-state index is 5.92. The van der Waals surface area contributed by atoms with Gasteiger partial charge in [-0.25, -0.2) is 0 Å². The van der Waals surface area contributed by atoms with Gasteiger partial charge >= 0.3 is 0 Å². The Labute approximate surface area is 316 Å². The minimum atomic E-state index is -0.453. The zero-order valence-corrected chi connectivity index (χ0v) is 37.1. The monoisotopic (exact) mass is 711 g/mol. The van der Waals surface area contributed by atoms with Gasteiger partial charge in [0.05, 0.1) is 25.4 Å². The summed E-state index contributed by atoms with van der Waals surface area (Å²) in [6, 6.07) is 0. The summed E-state index contributed by atoms with van der Waals surface area (Å²) < 4.78 is 23.1. The molecule has 0 N–H and O–H groups in total. The SMILES string of the molecule is CC([C@H]1COC(C)(C)O1)[C@H](C)[C@H]1COC(C)(C)O1.CC1CCC[C@@H]1C.CC1CCC[C@H]1C.CCCCC(C)CCC.CCCC[C@@H](C)CCC. The summed E-state index contributed by atoms with van der Waals surface area (Å²) in [6.07, 6.45) is 23.1. The first-order valence-corrected chi connectivity index (χ1v) is 22.1. The topological polar surface area (TPSA) is 36.9 Å². The minimum absolute atomic E-state index is 0.141. The van der Waals surface area contributed by atoms with E-state index < -0.39 is 11.6 Å². The van der Waals surface area contributed by atoms with Gasteiger partial charge in [0.1, 0.15) is 0 Å². The highest BCUT2D eigenvalue weighted by Crippen LogP contribution is 2.36. The lowest BCUT2D eigenvalue weighted by Crippen LogP contribution is -2.36. The standard InChI is InChI=1S/C14H26O4.2C9H20.2C7H14/c1-9(11-7-15-13(3,4)17-11)10(2)12-8-16-14(5,6)18-12;2*1-4-6-8-9(3)7-5-2;2*1-6-4-3-5-7(6)2/h9-12H,7-8H2,1-6H3;2*9H,4-8H2,1-3H3;2*6-7H,3-5H2,1-2H3/t9-,10?,11+,12+;9-;;2*6-,7?/m00.10/s1. The van der Waals surface area contributed by atoms with E-state index >= 15 is 0 Å². The van der Waals surface area contributed by atoms with Gasteiger partial charge in [0.2, 0.25) is 0 Å². The molecule has 4 heteroatoms. The van der Waals surface area contributed by atoms with E-state index in [9.17, 15) is 0 Å². The summed E-state index contributed by atoms with van der Waals surface area (Å²) in [4.78, 5) is 0. The van der Waals surface area contributed by atoms with Crippen LogP contribution in [0.15, 0.2) is 0 Å². The fourth-order valence-electron chi connectivity index (χ4n) is 7.67. The third-order valence-corrected chi connectivity index (χ3v) is 12.3. The van der Waals surface area contributed by atoms with Crippen LogP contribution < -0.4 is 0 Å². The molecule has 2 heterocycles. The first kappa shape index (κ1) is 49.8. The van der Waals surface area contributed by atoms with Crippen molar-refractivity contribution in [3.63, 3.8) is 0 Å². The van der Waals surface area contributed by atoms with E-state index in [4.69, 9.17) is 18.9 Å². The molecule has 2 aliphatic carbocycles. The Morgan fingerprint density at radius 2 is 0.780 bits per heavy atom. The fraction of sp³-hybridized carbons (Fsp3) is 1.00. The zero-order valence-electron chi connectivity index (χ0n) is 37.1. The summed E-state index contributed by atoms with van der Waals surface area (Å²) in [6.45, 7) is 36.8. The molecule has 4 nitrogen and oxygen atoms in total. The number of unbranched alkanes of at least 4 members (excludes halogenated alkanes) is 2. The maximum Gasteiger partial charge on any atom is 0.163 e. The number of rotatable bonds is 13. The van der Waals surface area contributed by atoms with Gasteiger partial charge in [-0.3, -0.25) is 0 Å². The van der Waals surface area contributed by atoms with Crippen molar-refractivity contribution in [3.05, 3.63) is 0 Å². The van der Waals surface area contributed by atoms with Crippen LogP contribution in [0.3, 0.4) is 0 Å². The average molecular weight is 711 g/mol. The van der Waals surface area contributed by atoms with Crippen molar-refractivity contribution in [3.8, 4) is 0 Å². The largest absolute Gasteiger partial charge is 0.348 e. The second-order valence-electron chi connectivity index (χ2n) is 18.3. The molecule has 0 aromatic heterocycles. The number of ether oxygens (including phenoxy) is 4. The van der Waals surface area contributed by atoms with Gasteiger partial charge in [-0.2, -0.15) is 0 Å². The van der Waals surface area contributed by atoms with Crippen LogP contribution in [0.25, 0.3) is 0 Å². The molecule has 0 amide bonds. The van der Waals surface area contributed by atoms with Gasteiger partial charge < -0.3 is 18.9 Å². The summed E-state index contributed by atoms with van der Waals surface area (Å²) >= 11 is 0. The summed E-state index contributed by atoms with van der Waals surface area (Å²) in [5.74, 6) is 5.85. The molecule has 2 aliphatic heterocycles. The smallest absolute Gasteiger partial charge is 0.163 e. The van der Waals surface area contributed by atoms with Crippen molar-refractivity contribution >= 4 is 0 Å². The van der Waals surface area contributed by atoms with Crippen LogP contribution in [0, 0.1) is 47.3 Å². The molecule has 0 aromatic rings. The van der Waals surface area contributed by atoms with Crippen molar-refractivity contribution in [2.24, 2.45) is 47.3 Å². The van der Waals surface area contributed by atoms with Crippen LogP contribution >= 0.6 is 0 Å². The van der Waals surface area contributed by atoms with E-state index in [1.165, 1.54) is 103 Å². The lowest BCUT2D eigenvalue weighted by Gasteiger charge is -2.29. The lowest BCUT2D eigenvalue weighted by molar-refractivity contribution is -0.158. The van der Waals surface area contributed by atoms with E-state index in [-0.39, 0.29) is 12.2 Å². The van der Waals surface area contributed by atoms with Gasteiger partial charge in [-0.15, -0.1) is 0 Å². The van der Waals surface area contributed by atoms with Gasteiger partial charge in [-0.1, -0.05) is 186 Å². The number of hydrogen-bond donors (Lipinski definition) is 0. The van der Waals surface area contributed by atoms with Crippen molar-refractivity contribution in [1.82, 2.24) is 0 Å². The van der Waals surface area contributed by atoms with E-state index in [0.29, 0.717) is 25.0 Å². The van der Waals surface area contributed by atoms with Crippen molar-refractivity contribution in [2.75, 3.05) is 13.2 Å². The quantitative estimate of drug-likeness (QED) is 0.191. The highest BCUT2D eigenvalue weighted by molar-refractivity contribution is 4.85. The molecule has 0 radical (unpaired) electrons. The Morgan fingerprint density at radius 1 is 0.480 bits per heavy atom. The molecule has 302 valence electrons. The second-order valence-corrected chi connectivity index (χ2v) is 18.3. The molecule has 4 aliphatic rings. The Hall–Kier alpha value is -0.160. The molecule has 0 spiro atoms. The van der Waals surface area contributed by atoms with Crippen LogP contribution in [0.1, 0.15) is 214 Å². The van der Waals surface area contributed by atoms with Crippen molar-refractivity contribution < 1.29 is 18.9 Å². The summed E-state index contributed by atoms with van der Waals surface area (Å²) in [7, 11) is 0. The van der Waals surface area contributed by atoms with Gasteiger partial charge in [0, 0.05) is 0 Å². The molecule has 0 bridgehead atoms. The molecule has 4 fully saturated rings. The van der Waals surface area contributed by atoms with Crippen molar-refractivity contribution in [2.45, 2.75) is 237 Å². The third kappa shape index (κ3) is 22.8. The predicted molar refractivity (Wildman–Crippen MR) is 220 cm³/mol. The third-order valence-electron chi connectivity index (χ3n) is 12.3. The molecule has 2 saturated heterocycles. The molecule has 4 unspecified atom stereocenters. The first-order valence-electron chi connectivity index (χ1n) is 22.1. The molecular formula is C46H94O4. The normalized spacial score (nSPS) is 30.2. The zero-order chi connectivity index (χ0) is 38.3. The van der Waals surface area contributed by atoms with Crippen LogP contribution in [0.2, 0.25) is 0 Å². The Kier molecular flexibility index (Phi) is 27.3. The van der Waals surface area contributed by atoms with Crippen molar-refractivity contribution in [1.29, 1.82) is 0 Å². The highest BCUT2D eigenvalue weighted by atomic mass is 16.7. The van der Waals surface area contributed by atoms with Gasteiger partial charge in [0.25, 0.3) is 0 Å². The summed E-state index contributed by atoms with van der Waals surface area (Å²) in [5.41, 5.74) is 0. The Balaban J connectivity index is 0.000000642. The fourth-order valence-corrected chi connectivity index (χ4v) is 7.67. The number of hydrogen-bond acceptors (Lipinski definition) is 4. The van der Waals surface area contributed by atoms with Crippen LogP contribution in [0.5, 0.6) is 0 Å². The maximum absolute atomic E-state index is 5.92. The highest BCUT2D eigenvalue weighted by Gasteiger charge is 2.43. The molecular weight excluding hydrogens is 617 g/mol. The minimum Gasteiger partial charge on any atom is -0.348 e. The van der Waals surface area contributed by atoms with Crippen LogP contribution in [-0.2, 0) is 18.9 Å². The summed E-state index contributed by atoms with van der Waals surface area (Å²) in [5, 5.41) is 0.